The van der Waals surface area contributed by atoms with Crippen LogP contribution in [-0.4, -0.2) is 10.3 Å². The van der Waals surface area contributed by atoms with Crippen molar-refractivity contribution in [2.45, 2.75) is 6.92 Å². The van der Waals surface area contributed by atoms with Gasteiger partial charge in [-0.15, -0.1) is 0 Å². The minimum atomic E-state index is 0.758. The molecule has 13 heavy (non-hydrogen) atoms. The summed E-state index contributed by atoms with van der Waals surface area (Å²) >= 11 is 0. The van der Waals surface area contributed by atoms with E-state index in [2.05, 4.69) is 14.9 Å². The van der Waals surface area contributed by atoms with Gasteiger partial charge in [0.2, 0.25) is 0 Å². The van der Waals surface area contributed by atoms with Gasteiger partial charge in [-0.2, -0.15) is 0 Å². The molecule has 3 aromatic rings. The highest BCUT2D eigenvalue weighted by Gasteiger charge is 2.08. The van der Waals surface area contributed by atoms with Crippen molar-refractivity contribution in [3.05, 3.63) is 24.0 Å². The lowest BCUT2D eigenvalue weighted by Crippen LogP contribution is -1.69. The Bertz CT molecular complexity index is 579. The summed E-state index contributed by atoms with van der Waals surface area (Å²) in [4.78, 5) is 0. The quantitative estimate of drug-likeness (QED) is 0.524. The van der Waals surface area contributed by atoms with E-state index in [0.717, 1.165) is 27.8 Å². The molecule has 0 bridgehead atoms. The zero-order chi connectivity index (χ0) is 8.84. The van der Waals surface area contributed by atoms with Crippen molar-refractivity contribution in [2.24, 2.45) is 0 Å². The second-order valence-electron chi connectivity index (χ2n) is 2.97. The van der Waals surface area contributed by atoms with Crippen LogP contribution in [-0.2, 0) is 0 Å². The number of hydrogen-bond acceptors (Lipinski definition) is 4. The Labute approximate surface area is 73.1 Å². The number of benzene rings is 1. The van der Waals surface area contributed by atoms with Crippen molar-refractivity contribution in [2.75, 3.05) is 0 Å². The van der Waals surface area contributed by atoms with E-state index in [-0.39, 0.29) is 0 Å². The highest BCUT2D eigenvalue weighted by Crippen LogP contribution is 2.25. The van der Waals surface area contributed by atoms with Crippen LogP contribution in [0.15, 0.2) is 27.2 Å². The highest BCUT2D eigenvalue weighted by atomic mass is 16.6. The smallest absolute Gasteiger partial charge is 0.146 e. The van der Waals surface area contributed by atoms with Gasteiger partial charge in [-0.05, 0) is 35.4 Å². The summed E-state index contributed by atoms with van der Waals surface area (Å²) in [6.07, 6.45) is 0. The molecule has 64 valence electrons. The Balaban J connectivity index is 2.64. The van der Waals surface area contributed by atoms with Crippen molar-refractivity contribution in [3.63, 3.8) is 0 Å². The molecule has 0 spiro atoms. The topological polar surface area (TPSA) is 52.1 Å². The Hall–Kier alpha value is -1.84. The normalized spacial score (nSPS) is 11.5. The van der Waals surface area contributed by atoms with Gasteiger partial charge in [-0.3, -0.25) is 0 Å². The summed E-state index contributed by atoms with van der Waals surface area (Å²) in [6, 6.07) is 5.63. The van der Waals surface area contributed by atoms with Crippen molar-refractivity contribution >= 4 is 22.0 Å². The summed E-state index contributed by atoms with van der Waals surface area (Å²) < 4.78 is 10.1. The van der Waals surface area contributed by atoms with Crippen LogP contribution in [0.1, 0.15) is 5.76 Å². The molecule has 0 unspecified atom stereocenters. The number of rotatable bonds is 0. The van der Waals surface area contributed by atoms with Crippen LogP contribution in [0.3, 0.4) is 0 Å². The molecule has 0 saturated heterocycles. The number of fused-ring (bicyclic) bond motifs is 3. The summed E-state index contributed by atoms with van der Waals surface area (Å²) in [5.41, 5.74) is 2.34. The molecule has 4 nitrogen and oxygen atoms in total. The maximum Gasteiger partial charge on any atom is 0.146 e. The van der Waals surface area contributed by atoms with Crippen LogP contribution in [0, 0.1) is 6.92 Å². The maximum atomic E-state index is 5.44. The minimum absolute atomic E-state index is 0.758. The van der Waals surface area contributed by atoms with Gasteiger partial charge in [-0.25, -0.2) is 4.63 Å². The minimum Gasteiger partial charge on any atom is -0.461 e. The molecular formula is C9H6N2O2. The van der Waals surface area contributed by atoms with Gasteiger partial charge in [-0.1, -0.05) is 0 Å². The molecule has 1 aromatic carbocycles. The summed E-state index contributed by atoms with van der Waals surface area (Å²) in [5, 5.41) is 8.52. The van der Waals surface area contributed by atoms with Crippen LogP contribution in [0.2, 0.25) is 0 Å². The first kappa shape index (κ1) is 6.65. The molecule has 2 aromatic heterocycles. The fourth-order valence-electron chi connectivity index (χ4n) is 1.49. The van der Waals surface area contributed by atoms with Crippen molar-refractivity contribution in [1.82, 2.24) is 10.3 Å². The van der Waals surface area contributed by atoms with E-state index >= 15 is 0 Å². The molecule has 0 aliphatic carbocycles. The average molecular weight is 174 g/mol. The largest absolute Gasteiger partial charge is 0.461 e. The van der Waals surface area contributed by atoms with Crippen LogP contribution in [0.25, 0.3) is 22.0 Å². The van der Waals surface area contributed by atoms with Gasteiger partial charge < -0.3 is 4.42 Å². The summed E-state index contributed by atoms with van der Waals surface area (Å²) in [7, 11) is 0. The van der Waals surface area contributed by atoms with E-state index in [4.69, 9.17) is 4.42 Å². The molecule has 3 rings (SSSR count). The second kappa shape index (κ2) is 2.10. The molecule has 0 aliphatic heterocycles. The zero-order valence-corrected chi connectivity index (χ0v) is 6.94. The number of furan rings is 1. The van der Waals surface area contributed by atoms with E-state index in [1.54, 1.807) is 0 Å². The predicted molar refractivity (Wildman–Crippen MR) is 46.3 cm³/mol. The first-order chi connectivity index (χ1) is 6.34. The SMILES string of the molecule is Cc1cc2c(ccc3nonc32)o1. The number of aryl methyl sites for hydroxylation is 1. The zero-order valence-electron chi connectivity index (χ0n) is 6.94. The van der Waals surface area contributed by atoms with E-state index < -0.39 is 0 Å². The van der Waals surface area contributed by atoms with Gasteiger partial charge in [0.15, 0.2) is 0 Å². The molecule has 0 saturated carbocycles. The van der Waals surface area contributed by atoms with E-state index in [1.165, 1.54) is 0 Å². The number of hydrogen-bond donors (Lipinski definition) is 0. The maximum absolute atomic E-state index is 5.44. The van der Waals surface area contributed by atoms with Gasteiger partial charge in [0.25, 0.3) is 0 Å². The van der Waals surface area contributed by atoms with Crippen LogP contribution in [0.4, 0.5) is 0 Å². The molecule has 2 heterocycles. The van der Waals surface area contributed by atoms with E-state index in [9.17, 15) is 0 Å². The van der Waals surface area contributed by atoms with Crippen LogP contribution < -0.4 is 0 Å². The Morgan fingerprint density at radius 3 is 3.08 bits per heavy atom. The molecule has 0 aliphatic rings. The van der Waals surface area contributed by atoms with E-state index in [1.807, 2.05) is 25.1 Å². The molecule has 0 fully saturated rings. The lowest BCUT2D eigenvalue weighted by molar-refractivity contribution is 0.316. The third-order valence-electron chi connectivity index (χ3n) is 2.05. The Morgan fingerprint density at radius 2 is 2.15 bits per heavy atom. The molecule has 0 atom stereocenters. The van der Waals surface area contributed by atoms with Gasteiger partial charge in [0.05, 0.1) is 5.39 Å². The van der Waals surface area contributed by atoms with Gasteiger partial charge >= 0.3 is 0 Å². The molecule has 0 amide bonds. The first-order valence-corrected chi connectivity index (χ1v) is 3.96. The Kier molecular flexibility index (Phi) is 1.07. The highest BCUT2D eigenvalue weighted by molar-refractivity contribution is 6.01. The third kappa shape index (κ3) is 0.796. The fraction of sp³-hybridized carbons (Fsp3) is 0.111. The second-order valence-corrected chi connectivity index (χ2v) is 2.97. The molecule has 0 N–H and O–H groups in total. The van der Waals surface area contributed by atoms with Crippen LogP contribution in [0.5, 0.6) is 0 Å². The lowest BCUT2D eigenvalue weighted by Gasteiger charge is -1.85. The van der Waals surface area contributed by atoms with E-state index in [0.29, 0.717) is 0 Å². The van der Waals surface area contributed by atoms with Crippen molar-refractivity contribution < 1.29 is 9.05 Å². The molecular weight excluding hydrogens is 168 g/mol. The van der Waals surface area contributed by atoms with Crippen LogP contribution >= 0.6 is 0 Å². The summed E-state index contributed by atoms with van der Waals surface area (Å²) in [5.74, 6) is 0.866. The van der Waals surface area contributed by atoms with Gasteiger partial charge in [0.1, 0.15) is 22.4 Å². The number of nitrogens with zero attached hydrogens (tertiary/aromatic N) is 2. The van der Waals surface area contributed by atoms with Crippen molar-refractivity contribution in [1.29, 1.82) is 0 Å². The Morgan fingerprint density at radius 1 is 1.23 bits per heavy atom. The predicted octanol–water partition coefficient (Wildman–Crippen LogP) is 2.28. The first-order valence-electron chi connectivity index (χ1n) is 3.96. The third-order valence-corrected chi connectivity index (χ3v) is 2.05. The molecule has 0 radical (unpaired) electrons. The molecule has 4 heteroatoms. The van der Waals surface area contributed by atoms with Crippen molar-refractivity contribution in [3.8, 4) is 0 Å². The standard InChI is InChI=1S/C9H6N2O2/c1-5-4-6-8(12-5)3-2-7-9(6)11-13-10-7/h2-4H,1H3. The number of aromatic nitrogens is 2. The summed E-state index contributed by atoms with van der Waals surface area (Å²) in [6.45, 7) is 1.90. The monoisotopic (exact) mass is 174 g/mol. The fourth-order valence-corrected chi connectivity index (χ4v) is 1.49. The lowest BCUT2D eigenvalue weighted by atomic mass is 10.2. The van der Waals surface area contributed by atoms with Gasteiger partial charge in [0, 0.05) is 0 Å². The average Bonchev–Trinajstić information content (AvgIpc) is 2.65.